The van der Waals surface area contributed by atoms with Crippen molar-refractivity contribution in [1.29, 1.82) is 0 Å². The van der Waals surface area contributed by atoms with Crippen LogP contribution in [0.3, 0.4) is 0 Å². The Morgan fingerprint density at radius 2 is 1.58 bits per heavy atom. The summed E-state index contributed by atoms with van der Waals surface area (Å²) in [7, 11) is 1.76. The molecular formula is C6H16NO4S+. The first kappa shape index (κ1) is 14.1. The Morgan fingerprint density at radius 3 is 1.58 bits per heavy atom. The zero-order valence-corrected chi connectivity index (χ0v) is 8.37. The van der Waals surface area contributed by atoms with Gasteiger partial charge in [-0.2, -0.15) is 8.42 Å². The number of nitrogens with zero attached hydrogens (tertiary/aromatic N) is 1. The molecule has 0 aliphatic carbocycles. The van der Waals surface area contributed by atoms with E-state index in [4.69, 9.17) is 17.5 Å². The van der Waals surface area contributed by atoms with Crippen LogP contribution < -0.4 is 0 Å². The zero-order chi connectivity index (χ0) is 10.4. The molecule has 6 heteroatoms. The third kappa shape index (κ3) is 55.1. The van der Waals surface area contributed by atoms with E-state index in [0.29, 0.717) is 0 Å². The van der Waals surface area contributed by atoms with E-state index >= 15 is 0 Å². The van der Waals surface area contributed by atoms with Gasteiger partial charge in [0.05, 0.1) is 27.7 Å². The smallest absolute Gasteiger partial charge is 0.328 e. The second-order valence-corrected chi connectivity index (χ2v) is 4.11. The molecule has 0 bridgehead atoms. The SMILES string of the molecule is C=CC[N+](C)(C)C.O=S(=O)(O)O. The summed E-state index contributed by atoms with van der Waals surface area (Å²) in [5.41, 5.74) is 0. The first-order valence-corrected chi connectivity index (χ1v) is 4.57. The van der Waals surface area contributed by atoms with Crippen molar-refractivity contribution in [3.05, 3.63) is 12.7 Å². The highest BCUT2D eigenvalue weighted by atomic mass is 32.3. The fourth-order valence-corrected chi connectivity index (χ4v) is 0.387. The summed E-state index contributed by atoms with van der Waals surface area (Å²) >= 11 is 0. The predicted molar refractivity (Wildman–Crippen MR) is 47.3 cm³/mol. The third-order valence-electron chi connectivity index (χ3n) is 0.677. The van der Waals surface area contributed by atoms with Crippen molar-refractivity contribution >= 4 is 10.4 Å². The predicted octanol–water partition coefficient (Wildman–Crippen LogP) is 0.226. The van der Waals surface area contributed by atoms with Crippen LogP contribution in [0, 0.1) is 0 Å². The van der Waals surface area contributed by atoms with Crippen molar-refractivity contribution in [1.82, 2.24) is 0 Å². The molecular weight excluding hydrogens is 182 g/mol. The minimum absolute atomic E-state index is 0.976. The van der Waals surface area contributed by atoms with Crippen LogP contribution in [-0.2, 0) is 10.4 Å². The van der Waals surface area contributed by atoms with Crippen LogP contribution in [0.15, 0.2) is 12.7 Å². The Hall–Kier alpha value is -0.430. The minimum Gasteiger partial charge on any atom is -0.328 e. The molecule has 0 heterocycles. The van der Waals surface area contributed by atoms with E-state index in [1.165, 1.54) is 0 Å². The molecule has 2 N–H and O–H groups in total. The number of likely N-dealkylation sites (N-methyl/N-ethyl adjacent to an activating group) is 1. The van der Waals surface area contributed by atoms with Crippen LogP contribution in [-0.4, -0.2) is 49.7 Å². The molecule has 0 saturated carbocycles. The molecule has 12 heavy (non-hydrogen) atoms. The lowest BCUT2D eigenvalue weighted by atomic mass is 10.5. The average molecular weight is 198 g/mol. The highest BCUT2D eigenvalue weighted by molar-refractivity contribution is 7.79. The molecule has 0 rings (SSSR count). The Morgan fingerprint density at radius 1 is 1.33 bits per heavy atom. The zero-order valence-electron chi connectivity index (χ0n) is 7.56. The summed E-state index contributed by atoms with van der Waals surface area (Å²) in [5, 5.41) is 0. The van der Waals surface area contributed by atoms with Crippen LogP contribution in [0.5, 0.6) is 0 Å². The van der Waals surface area contributed by atoms with Crippen molar-refractivity contribution in [2.24, 2.45) is 0 Å². The number of hydrogen-bond donors (Lipinski definition) is 2. The Balaban J connectivity index is 0. The van der Waals surface area contributed by atoms with Gasteiger partial charge in [-0.25, -0.2) is 0 Å². The fourth-order valence-electron chi connectivity index (χ4n) is 0.387. The fraction of sp³-hybridized carbons (Fsp3) is 0.667. The third-order valence-corrected chi connectivity index (χ3v) is 0.677. The largest absolute Gasteiger partial charge is 0.394 e. The summed E-state index contributed by atoms with van der Waals surface area (Å²) in [5.74, 6) is 0. The van der Waals surface area contributed by atoms with Gasteiger partial charge in [-0.1, -0.05) is 6.58 Å². The molecule has 0 aromatic rings. The van der Waals surface area contributed by atoms with E-state index in [9.17, 15) is 0 Å². The van der Waals surface area contributed by atoms with Gasteiger partial charge in [0.25, 0.3) is 0 Å². The molecule has 5 nitrogen and oxygen atoms in total. The maximum absolute atomic E-state index is 8.74. The summed E-state index contributed by atoms with van der Waals surface area (Å²) < 4.78 is 32.6. The summed E-state index contributed by atoms with van der Waals surface area (Å²) in [4.78, 5) is 0. The van der Waals surface area contributed by atoms with Gasteiger partial charge < -0.3 is 4.48 Å². The maximum atomic E-state index is 8.74. The first-order valence-electron chi connectivity index (χ1n) is 3.17. The highest BCUT2D eigenvalue weighted by Gasteiger charge is 1.99. The van der Waals surface area contributed by atoms with E-state index in [0.717, 1.165) is 11.0 Å². The molecule has 0 aromatic carbocycles. The van der Waals surface area contributed by atoms with Crippen molar-refractivity contribution in [2.75, 3.05) is 27.7 Å². The van der Waals surface area contributed by atoms with Gasteiger partial charge in [0.15, 0.2) is 0 Å². The standard InChI is InChI=1S/C6H14N.H2O4S/c1-5-6-7(2,3)4;1-5(2,3)4/h5H,1,6H2,2-4H3;(H2,1,2,3,4)/q+1;. The van der Waals surface area contributed by atoms with Crippen molar-refractivity contribution in [3.63, 3.8) is 0 Å². The maximum Gasteiger partial charge on any atom is 0.394 e. The summed E-state index contributed by atoms with van der Waals surface area (Å²) in [6, 6.07) is 0. The molecule has 0 saturated heterocycles. The Labute approximate surface area is 73.5 Å². The molecule has 74 valence electrons. The summed E-state index contributed by atoms with van der Waals surface area (Å²) in [6.07, 6.45) is 1.93. The lowest BCUT2D eigenvalue weighted by Gasteiger charge is -2.21. The van der Waals surface area contributed by atoms with Crippen LogP contribution in [0.1, 0.15) is 0 Å². The molecule has 0 aliphatic heterocycles. The normalized spacial score (nSPS) is 11.4. The molecule has 0 unspecified atom stereocenters. The molecule has 0 aromatic heterocycles. The number of quaternary nitrogens is 1. The van der Waals surface area contributed by atoms with Gasteiger partial charge in [0.1, 0.15) is 0 Å². The van der Waals surface area contributed by atoms with E-state index in [1.807, 2.05) is 6.08 Å². The van der Waals surface area contributed by atoms with Crippen molar-refractivity contribution in [3.8, 4) is 0 Å². The van der Waals surface area contributed by atoms with Gasteiger partial charge in [0.2, 0.25) is 0 Å². The minimum atomic E-state index is -4.67. The molecule has 0 fully saturated rings. The number of hydrogen-bond acceptors (Lipinski definition) is 2. The van der Waals surface area contributed by atoms with Crippen LogP contribution in [0.4, 0.5) is 0 Å². The topological polar surface area (TPSA) is 74.6 Å². The monoisotopic (exact) mass is 198 g/mol. The molecule has 0 atom stereocenters. The van der Waals surface area contributed by atoms with E-state index in [-0.39, 0.29) is 0 Å². The van der Waals surface area contributed by atoms with Gasteiger partial charge >= 0.3 is 10.4 Å². The highest BCUT2D eigenvalue weighted by Crippen LogP contribution is 1.86. The van der Waals surface area contributed by atoms with Gasteiger partial charge in [-0.15, -0.1) is 0 Å². The van der Waals surface area contributed by atoms with E-state index in [2.05, 4.69) is 27.7 Å². The lowest BCUT2D eigenvalue weighted by Crippen LogP contribution is -2.33. The first-order chi connectivity index (χ1) is 5.06. The van der Waals surface area contributed by atoms with E-state index < -0.39 is 10.4 Å². The lowest BCUT2D eigenvalue weighted by molar-refractivity contribution is -0.864. The van der Waals surface area contributed by atoms with Crippen LogP contribution in [0.25, 0.3) is 0 Å². The van der Waals surface area contributed by atoms with Gasteiger partial charge in [0, 0.05) is 0 Å². The average Bonchev–Trinajstić information content (AvgIpc) is 1.54. The van der Waals surface area contributed by atoms with Gasteiger partial charge in [-0.3, -0.25) is 9.11 Å². The van der Waals surface area contributed by atoms with Crippen LogP contribution in [0.2, 0.25) is 0 Å². The quantitative estimate of drug-likeness (QED) is 0.378. The van der Waals surface area contributed by atoms with Gasteiger partial charge in [-0.05, 0) is 6.08 Å². The van der Waals surface area contributed by atoms with E-state index in [1.54, 1.807) is 0 Å². The summed E-state index contributed by atoms with van der Waals surface area (Å²) in [6.45, 7) is 4.67. The van der Waals surface area contributed by atoms with Crippen LogP contribution >= 0.6 is 0 Å². The van der Waals surface area contributed by atoms with Crippen molar-refractivity contribution < 1.29 is 22.0 Å². The molecule has 0 aliphatic rings. The second-order valence-electron chi connectivity index (χ2n) is 3.21. The molecule has 0 amide bonds. The van der Waals surface area contributed by atoms with Crippen molar-refractivity contribution in [2.45, 2.75) is 0 Å². The Bertz CT molecular complexity index is 206. The molecule has 0 radical (unpaired) electrons. The second kappa shape index (κ2) is 5.26. The number of rotatable bonds is 2. The molecule has 0 spiro atoms. The Kier molecular flexibility index (Phi) is 6.18.